The van der Waals surface area contributed by atoms with E-state index in [-0.39, 0.29) is 5.41 Å². The average molecular weight is 279 g/mol. The molecule has 0 atom stereocenters. The molecule has 1 aliphatic heterocycles. The van der Waals surface area contributed by atoms with Crippen molar-refractivity contribution < 1.29 is 4.74 Å². The Labute approximate surface area is 118 Å². The summed E-state index contributed by atoms with van der Waals surface area (Å²) in [5.41, 5.74) is 3.82. The number of ether oxygens (including phenoxy) is 1. The summed E-state index contributed by atoms with van der Waals surface area (Å²) in [6, 6.07) is 3.87. The molecule has 1 N–H and O–H groups in total. The molecule has 0 fully saturated rings. The molecule has 19 heavy (non-hydrogen) atoms. The maximum Gasteiger partial charge on any atom is 0.143 e. The van der Waals surface area contributed by atoms with E-state index < -0.39 is 0 Å². The SMILES string of the molecule is COc1ccc(Cl)c2c3c(n(C)c12)CNCC3(C)C. The molecule has 2 aromatic rings. The van der Waals surface area contributed by atoms with Crippen LogP contribution in [0.4, 0.5) is 0 Å². The van der Waals surface area contributed by atoms with E-state index in [0.29, 0.717) is 0 Å². The van der Waals surface area contributed by atoms with Gasteiger partial charge in [-0.25, -0.2) is 0 Å². The molecule has 1 aliphatic rings. The van der Waals surface area contributed by atoms with Crippen molar-refractivity contribution in [2.24, 2.45) is 7.05 Å². The number of methoxy groups -OCH3 is 1. The highest BCUT2D eigenvalue weighted by molar-refractivity contribution is 6.36. The molecule has 3 nitrogen and oxygen atoms in total. The van der Waals surface area contributed by atoms with E-state index in [4.69, 9.17) is 16.3 Å². The maximum atomic E-state index is 6.47. The second kappa shape index (κ2) is 4.15. The first-order valence-electron chi connectivity index (χ1n) is 6.52. The third kappa shape index (κ3) is 1.68. The van der Waals surface area contributed by atoms with E-state index in [9.17, 15) is 0 Å². The van der Waals surface area contributed by atoms with Crippen LogP contribution in [0.15, 0.2) is 12.1 Å². The molecule has 0 aliphatic carbocycles. The fraction of sp³-hybridized carbons (Fsp3) is 0.467. The minimum atomic E-state index is 0.0725. The van der Waals surface area contributed by atoms with E-state index in [1.165, 1.54) is 11.3 Å². The van der Waals surface area contributed by atoms with E-state index in [2.05, 4.69) is 30.8 Å². The van der Waals surface area contributed by atoms with E-state index in [1.807, 2.05) is 12.1 Å². The first-order chi connectivity index (χ1) is 8.97. The molecule has 1 aromatic carbocycles. The predicted octanol–water partition coefficient (Wildman–Crippen LogP) is 3.22. The van der Waals surface area contributed by atoms with E-state index in [1.54, 1.807) is 7.11 Å². The monoisotopic (exact) mass is 278 g/mol. The van der Waals surface area contributed by atoms with Crippen LogP contribution in [0.25, 0.3) is 10.9 Å². The van der Waals surface area contributed by atoms with Crippen molar-refractivity contribution in [3.05, 3.63) is 28.4 Å². The third-order valence-electron chi connectivity index (χ3n) is 4.13. The lowest BCUT2D eigenvalue weighted by Gasteiger charge is -2.31. The molecule has 0 spiro atoms. The van der Waals surface area contributed by atoms with Crippen molar-refractivity contribution in [3.63, 3.8) is 0 Å². The lowest BCUT2D eigenvalue weighted by molar-refractivity contribution is 0.416. The molecule has 0 saturated heterocycles. The van der Waals surface area contributed by atoms with Gasteiger partial charge in [0.2, 0.25) is 0 Å². The zero-order chi connectivity index (χ0) is 13.8. The van der Waals surface area contributed by atoms with Crippen LogP contribution >= 0.6 is 11.6 Å². The number of aromatic nitrogens is 1. The van der Waals surface area contributed by atoms with Crippen molar-refractivity contribution in [3.8, 4) is 5.75 Å². The van der Waals surface area contributed by atoms with Gasteiger partial charge in [0, 0.05) is 36.6 Å². The fourth-order valence-corrected chi connectivity index (χ4v) is 3.49. The van der Waals surface area contributed by atoms with Gasteiger partial charge in [-0.05, 0) is 17.7 Å². The second-order valence-corrected chi connectivity index (χ2v) is 6.25. The number of hydrogen-bond acceptors (Lipinski definition) is 2. The van der Waals surface area contributed by atoms with Crippen molar-refractivity contribution in [2.75, 3.05) is 13.7 Å². The van der Waals surface area contributed by atoms with Crippen molar-refractivity contribution in [1.29, 1.82) is 0 Å². The number of nitrogens with zero attached hydrogens (tertiary/aromatic N) is 1. The van der Waals surface area contributed by atoms with Crippen molar-refractivity contribution in [2.45, 2.75) is 25.8 Å². The molecular formula is C15H19ClN2O. The third-order valence-corrected chi connectivity index (χ3v) is 4.44. The van der Waals surface area contributed by atoms with Gasteiger partial charge in [-0.1, -0.05) is 25.4 Å². The molecule has 3 rings (SSSR count). The number of hydrogen-bond donors (Lipinski definition) is 1. The molecule has 0 saturated carbocycles. The van der Waals surface area contributed by atoms with Gasteiger partial charge in [0.1, 0.15) is 5.75 Å². The maximum absolute atomic E-state index is 6.47. The normalized spacial score (nSPS) is 17.5. The summed E-state index contributed by atoms with van der Waals surface area (Å²) in [5.74, 6) is 0.882. The average Bonchev–Trinajstić information content (AvgIpc) is 2.67. The van der Waals surface area contributed by atoms with Gasteiger partial charge in [0.15, 0.2) is 0 Å². The molecular weight excluding hydrogens is 260 g/mol. The molecule has 0 unspecified atom stereocenters. The van der Waals surface area contributed by atoms with Crippen molar-refractivity contribution in [1.82, 2.24) is 9.88 Å². The Morgan fingerprint density at radius 1 is 1.37 bits per heavy atom. The highest BCUT2D eigenvalue weighted by Crippen LogP contribution is 2.43. The number of nitrogens with one attached hydrogen (secondary N) is 1. The zero-order valence-corrected chi connectivity index (χ0v) is 12.6. The molecule has 0 radical (unpaired) electrons. The van der Waals surface area contributed by atoms with Crippen LogP contribution in [0.5, 0.6) is 5.75 Å². The summed E-state index contributed by atoms with van der Waals surface area (Å²) in [6.07, 6.45) is 0. The largest absolute Gasteiger partial charge is 0.495 e. The molecule has 0 bridgehead atoms. The lowest BCUT2D eigenvalue weighted by atomic mass is 9.80. The van der Waals surface area contributed by atoms with Crippen LogP contribution in [-0.4, -0.2) is 18.2 Å². The summed E-state index contributed by atoms with van der Waals surface area (Å²) in [6.45, 7) is 6.36. The topological polar surface area (TPSA) is 26.2 Å². The standard InChI is InChI=1S/C15H19ClN2O/c1-15(2)8-17-7-10-13(15)12-9(16)5-6-11(19-4)14(12)18(10)3/h5-6,17H,7-8H2,1-4H3. The van der Waals surface area contributed by atoms with Gasteiger partial charge < -0.3 is 14.6 Å². The predicted molar refractivity (Wildman–Crippen MR) is 79.2 cm³/mol. The van der Waals surface area contributed by atoms with Gasteiger partial charge >= 0.3 is 0 Å². The van der Waals surface area contributed by atoms with E-state index in [0.717, 1.165) is 34.8 Å². The molecule has 0 amide bonds. The first kappa shape index (κ1) is 12.8. The minimum Gasteiger partial charge on any atom is -0.495 e. The molecule has 4 heteroatoms. The van der Waals surface area contributed by atoms with Crippen molar-refractivity contribution >= 4 is 22.5 Å². The van der Waals surface area contributed by atoms with Crippen LogP contribution in [0.2, 0.25) is 5.02 Å². The molecule has 102 valence electrons. The van der Waals surface area contributed by atoms with Gasteiger partial charge in [0.05, 0.1) is 17.6 Å². The fourth-order valence-electron chi connectivity index (χ4n) is 3.25. The first-order valence-corrected chi connectivity index (χ1v) is 6.90. The van der Waals surface area contributed by atoms with Gasteiger partial charge in [-0.2, -0.15) is 0 Å². The smallest absolute Gasteiger partial charge is 0.143 e. The Bertz CT molecular complexity index is 658. The summed E-state index contributed by atoms with van der Waals surface area (Å²) < 4.78 is 7.72. The summed E-state index contributed by atoms with van der Waals surface area (Å²) in [4.78, 5) is 0. The van der Waals surface area contributed by atoms with Crippen LogP contribution in [0.1, 0.15) is 25.1 Å². The minimum absolute atomic E-state index is 0.0725. The molecule has 1 aromatic heterocycles. The Morgan fingerprint density at radius 3 is 2.79 bits per heavy atom. The van der Waals surface area contributed by atoms with Gasteiger partial charge in [0.25, 0.3) is 0 Å². The van der Waals surface area contributed by atoms with E-state index >= 15 is 0 Å². The van der Waals surface area contributed by atoms with Crippen LogP contribution in [0, 0.1) is 0 Å². The van der Waals surface area contributed by atoms with Gasteiger partial charge in [-0.3, -0.25) is 0 Å². The number of benzene rings is 1. The summed E-state index contributed by atoms with van der Waals surface area (Å²) in [7, 11) is 3.79. The lowest BCUT2D eigenvalue weighted by Crippen LogP contribution is -2.38. The molecule has 2 heterocycles. The number of aryl methyl sites for hydroxylation is 1. The van der Waals surface area contributed by atoms with Gasteiger partial charge in [-0.15, -0.1) is 0 Å². The highest BCUT2D eigenvalue weighted by atomic mass is 35.5. The van der Waals surface area contributed by atoms with Crippen LogP contribution < -0.4 is 10.1 Å². The summed E-state index contributed by atoms with van der Waals surface area (Å²) >= 11 is 6.47. The van der Waals surface area contributed by atoms with Crippen LogP contribution in [-0.2, 0) is 19.0 Å². The quantitative estimate of drug-likeness (QED) is 0.867. The number of rotatable bonds is 1. The number of halogens is 1. The Hall–Kier alpha value is -1.19. The zero-order valence-electron chi connectivity index (χ0n) is 11.8. The summed E-state index contributed by atoms with van der Waals surface area (Å²) in [5, 5.41) is 5.44. The second-order valence-electron chi connectivity index (χ2n) is 5.84. The highest BCUT2D eigenvalue weighted by Gasteiger charge is 2.34. The Morgan fingerprint density at radius 2 is 2.11 bits per heavy atom. The Kier molecular flexibility index (Phi) is 2.80. The van der Waals surface area contributed by atoms with Crippen LogP contribution in [0.3, 0.4) is 0 Å². The Balaban J connectivity index is 2.49. The number of fused-ring (bicyclic) bond motifs is 3.